The molecule has 3 rings (SSSR count). The van der Waals surface area contributed by atoms with Crippen molar-refractivity contribution in [2.24, 2.45) is 0 Å². The number of nitrogens with one attached hydrogen (secondary N) is 1. The van der Waals surface area contributed by atoms with E-state index >= 15 is 0 Å². The normalized spacial score (nSPS) is 18.4. The van der Waals surface area contributed by atoms with Crippen molar-refractivity contribution in [1.82, 2.24) is 5.32 Å². The molecule has 31 heavy (non-hydrogen) atoms. The molecule has 1 fully saturated rings. The molecule has 0 radical (unpaired) electrons. The van der Waals surface area contributed by atoms with Gasteiger partial charge < -0.3 is 29.0 Å². The molecule has 1 saturated heterocycles. The minimum atomic E-state index is -0.647. The number of hydrogen-bond acceptors (Lipinski definition) is 7. The number of fused-ring (bicyclic) bond motifs is 1. The van der Waals surface area contributed by atoms with Crippen LogP contribution >= 0.6 is 0 Å². The molecule has 2 aromatic carbocycles. The number of amides is 1. The van der Waals surface area contributed by atoms with E-state index < -0.39 is 18.7 Å². The Morgan fingerprint density at radius 1 is 1.13 bits per heavy atom. The third-order valence-electron chi connectivity index (χ3n) is 5.04. The van der Waals surface area contributed by atoms with Crippen LogP contribution in [0.1, 0.15) is 31.2 Å². The molecule has 2 aromatic rings. The molecule has 8 heteroatoms. The Morgan fingerprint density at radius 2 is 1.94 bits per heavy atom. The zero-order chi connectivity index (χ0) is 22.1. The van der Waals surface area contributed by atoms with Gasteiger partial charge >= 0.3 is 12.1 Å². The van der Waals surface area contributed by atoms with Crippen LogP contribution < -0.4 is 10.1 Å². The lowest BCUT2D eigenvalue weighted by atomic mass is 9.94. The Hall–Kier alpha value is -2.84. The first kappa shape index (κ1) is 22.8. The van der Waals surface area contributed by atoms with Gasteiger partial charge in [-0.1, -0.05) is 24.3 Å². The van der Waals surface area contributed by atoms with Crippen molar-refractivity contribution in [3.63, 3.8) is 0 Å². The van der Waals surface area contributed by atoms with Crippen LogP contribution in [0.4, 0.5) is 4.79 Å². The lowest BCUT2D eigenvalue weighted by Gasteiger charge is -2.30. The molecule has 0 saturated carbocycles. The van der Waals surface area contributed by atoms with Gasteiger partial charge in [-0.15, -0.1) is 0 Å². The molecule has 1 aliphatic rings. The summed E-state index contributed by atoms with van der Waals surface area (Å²) in [7, 11) is 1.66. The Kier molecular flexibility index (Phi) is 8.49. The van der Waals surface area contributed by atoms with Gasteiger partial charge in [0.1, 0.15) is 5.75 Å². The second-order valence-electron chi connectivity index (χ2n) is 7.18. The summed E-state index contributed by atoms with van der Waals surface area (Å²) >= 11 is 0. The minimum absolute atomic E-state index is 0.157. The van der Waals surface area contributed by atoms with E-state index in [1.165, 1.54) is 10.9 Å². The molecule has 0 bridgehead atoms. The SMILES string of the molecule is CCOC(=O)COC(=O)NCCC[C@H]1OC[C@H](c2cccc3cc(OC)ccc32)CO1. The Morgan fingerprint density at radius 3 is 2.68 bits per heavy atom. The quantitative estimate of drug-likeness (QED) is 0.481. The number of hydrogen-bond donors (Lipinski definition) is 1. The largest absolute Gasteiger partial charge is 0.497 e. The number of carbonyl (C=O) groups excluding carboxylic acids is 2. The highest BCUT2D eigenvalue weighted by Crippen LogP contribution is 2.31. The summed E-state index contributed by atoms with van der Waals surface area (Å²) in [5, 5.41) is 4.89. The molecule has 1 amide bonds. The number of rotatable bonds is 9. The lowest BCUT2D eigenvalue weighted by molar-refractivity contribution is -0.189. The smallest absolute Gasteiger partial charge is 0.407 e. The van der Waals surface area contributed by atoms with E-state index in [0.717, 1.165) is 11.1 Å². The van der Waals surface area contributed by atoms with E-state index in [1.807, 2.05) is 18.2 Å². The van der Waals surface area contributed by atoms with Crippen LogP contribution in [-0.2, 0) is 23.7 Å². The molecular formula is C23H29NO7. The fourth-order valence-corrected chi connectivity index (χ4v) is 3.50. The molecule has 1 N–H and O–H groups in total. The van der Waals surface area contributed by atoms with Gasteiger partial charge in [0, 0.05) is 18.9 Å². The number of benzene rings is 2. The van der Waals surface area contributed by atoms with Crippen molar-refractivity contribution in [1.29, 1.82) is 0 Å². The molecule has 0 atom stereocenters. The molecule has 168 valence electrons. The third-order valence-corrected chi connectivity index (χ3v) is 5.04. The third kappa shape index (κ3) is 6.57. The van der Waals surface area contributed by atoms with Crippen molar-refractivity contribution in [3.05, 3.63) is 42.0 Å². The Labute approximate surface area is 181 Å². The van der Waals surface area contributed by atoms with E-state index in [9.17, 15) is 9.59 Å². The van der Waals surface area contributed by atoms with Crippen LogP contribution in [0.15, 0.2) is 36.4 Å². The van der Waals surface area contributed by atoms with E-state index in [0.29, 0.717) is 32.6 Å². The summed E-state index contributed by atoms with van der Waals surface area (Å²) in [6.07, 6.45) is 0.366. The molecule has 0 spiro atoms. The molecule has 1 heterocycles. The zero-order valence-electron chi connectivity index (χ0n) is 17.9. The maximum atomic E-state index is 11.5. The Balaban J connectivity index is 1.39. The summed E-state index contributed by atoms with van der Waals surface area (Å²) < 4.78 is 26.6. The predicted molar refractivity (Wildman–Crippen MR) is 114 cm³/mol. The van der Waals surface area contributed by atoms with Crippen molar-refractivity contribution in [2.45, 2.75) is 32.0 Å². The number of ether oxygens (including phenoxy) is 5. The standard InChI is InChI=1S/C23H29NO7/c1-3-28-21(25)15-31-23(26)24-11-5-8-22-29-13-17(14-30-22)19-7-4-6-16-12-18(27-2)9-10-20(16)19/h4,6-7,9-10,12,17,22H,3,5,8,11,13-15H2,1-2H3,(H,24,26)/t17-,22-. The van der Waals surface area contributed by atoms with Crippen molar-refractivity contribution in [2.75, 3.05) is 40.1 Å². The number of esters is 1. The molecule has 8 nitrogen and oxygen atoms in total. The monoisotopic (exact) mass is 431 g/mol. The van der Waals surface area contributed by atoms with E-state index in [4.69, 9.17) is 18.9 Å². The molecule has 0 unspecified atom stereocenters. The van der Waals surface area contributed by atoms with Crippen LogP contribution in [0.5, 0.6) is 5.75 Å². The van der Waals surface area contributed by atoms with E-state index in [1.54, 1.807) is 14.0 Å². The zero-order valence-corrected chi connectivity index (χ0v) is 17.9. The maximum absolute atomic E-state index is 11.5. The van der Waals surface area contributed by atoms with Gasteiger partial charge in [0.25, 0.3) is 0 Å². The fourth-order valence-electron chi connectivity index (χ4n) is 3.50. The summed E-state index contributed by atoms with van der Waals surface area (Å²) in [5.41, 5.74) is 1.20. The second-order valence-corrected chi connectivity index (χ2v) is 7.18. The van der Waals surface area contributed by atoms with Gasteiger partial charge in [0.15, 0.2) is 12.9 Å². The highest BCUT2D eigenvalue weighted by Gasteiger charge is 2.24. The lowest BCUT2D eigenvalue weighted by Crippen LogP contribution is -2.32. The first-order valence-electron chi connectivity index (χ1n) is 10.5. The van der Waals surface area contributed by atoms with E-state index in [2.05, 4.69) is 28.3 Å². The highest BCUT2D eigenvalue weighted by molar-refractivity contribution is 5.87. The average molecular weight is 431 g/mol. The molecule has 0 aromatic heterocycles. The van der Waals surface area contributed by atoms with Crippen molar-refractivity contribution >= 4 is 22.8 Å². The van der Waals surface area contributed by atoms with Gasteiger partial charge in [0.2, 0.25) is 0 Å². The fraction of sp³-hybridized carbons (Fsp3) is 0.478. The minimum Gasteiger partial charge on any atom is -0.497 e. The average Bonchev–Trinajstić information content (AvgIpc) is 2.80. The predicted octanol–water partition coefficient (Wildman–Crippen LogP) is 3.37. The number of alkyl carbamates (subject to hydrolysis) is 1. The first-order chi connectivity index (χ1) is 15.1. The molecule has 0 aliphatic carbocycles. The van der Waals surface area contributed by atoms with Gasteiger partial charge in [-0.05, 0) is 41.8 Å². The highest BCUT2D eigenvalue weighted by atomic mass is 16.7. The van der Waals surface area contributed by atoms with Gasteiger partial charge in [-0.25, -0.2) is 9.59 Å². The van der Waals surface area contributed by atoms with Gasteiger partial charge in [-0.2, -0.15) is 0 Å². The van der Waals surface area contributed by atoms with Crippen LogP contribution in [0, 0.1) is 0 Å². The summed E-state index contributed by atoms with van der Waals surface area (Å²) in [4.78, 5) is 22.7. The maximum Gasteiger partial charge on any atom is 0.407 e. The first-order valence-corrected chi connectivity index (χ1v) is 10.5. The van der Waals surface area contributed by atoms with Crippen LogP contribution in [-0.4, -0.2) is 58.4 Å². The Bertz CT molecular complexity index is 877. The van der Waals surface area contributed by atoms with Crippen LogP contribution in [0.3, 0.4) is 0 Å². The topological polar surface area (TPSA) is 92.3 Å². The van der Waals surface area contributed by atoms with Crippen molar-refractivity contribution < 1.29 is 33.3 Å². The summed E-state index contributed by atoms with van der Waals surface area (Å²) in [5.74, 6) is 0.421. The summed E-state index contributed by atoms with van der Waals surface area (Å²) in [6.45, 7) is 3.10. The van der Waals surface area contributed by atoms with Crippen molar-refractivity contribution in [3.8, 4) is 5.75 Å². The van der Waals surface area contributed by atoms with Crippen LogP contribution in [0.25, 0.3) is 10.8 Å². The molecule has 1 aliphatic heterocycles. The van der Waals surface area contributed by atoms with E-state index in [-0.39, 0.29) is 18.8 Å². The molecular weight excluding hydrogens is 402 g/mol. The second kappa shape index (κ2) is 11.5. The van der Waals surface area contributed by atoms with Gasteiger partial charge in [0.05, 0.1) is 26.9 Å². The van der Waals surface area contributed by atoms with Gasteiger partial charge in [-0.3, -0.25) is 0 Å². The van der Waals surface area contributed by atoms with Crippen LogP contribution in [0.2, 0.25) is 0 Å². The summed E-state index contributed by atoms with van der Waals surface area (Å²) in [6, 6.07) is 12.3. The number of carbonyl (C=O) groups is 2. The number of methoxy groups -OCH3 is 1.